The van der Waals surface area contributed by atoms with E-state index in [1.165, 1.54) is 0 Å². The number of hydrogen-bond donors (Lipinski definition) is 0. The highest BCUT2D eigenvalue weighted by molar-refractivity contribution is 5.36. The van der Waals surface area contributed by atoms with Crippen molar-refractivity contribution >= 4 is 6.47 Å². The lowest BCUT2D eigenvalue weighted by Gasteiger charge is -2.11. The molecule has 1 rings (SSSR count). The normalized spacial score (nSPS) is 11.8. The first-order valence-electron chi connectivity index (χ1n) is 4.56. The van der Waals surface area contributed by atoms with Crippen molar-refractivity contribution in [2.24, 2.45) is 5.92 Å². The Morgan fingerprint density at radius 2 is 2.00 bits per heavy atom. The van der Waals surface area contributed by atoms with Crippen LogP contribution in [0.15, 0.2) is 30.3 Å². The molecule has 0 amide bonds. The number of ether oxygens (including phenoxy) is 2. The zero-order chi connectivity index (χ0) is 10.2. The summed E-state index contributed by atoms with van der Waals surface area (Å²) in [5.41, 5.74) is 0. The Hall–Kier alpha value is -1.51. The Balaban J connectivity index is 2.23. The van der Waals surface area contributed by atoms with E-state index >= 15 is 0 Å². The van der Waals surface area contributed by atoms with Gasteiger partial charge in [0.15, 0.2) is 0 Å². The van der Waals surface area contributed by atoms with E-state index in [1.807, 2.05) is 37.3 Å². The summed E-state index contributed by atoms with van der Waals surface area (Å²) < 4.78 is 10.1. The van der Waals surface area contributed by atoms with Gasteiger partial charge in [0, 0.05) is 5.92 Å². The quantitative estimate of drug-likeness (QED) is 0.648. The van der Waals surface area contributed by atoms with Crippen molar-refractivity contribution in [1.82, 2.24) is 0 Å². The Morgan fingerprint density at radius 3 is 2.64 bits per heavy atom. The Kier molecular flexibility index (Phi) is 4.55. The van der Waals surface area contributed by atoms with E-state index in [0.717, 1.165) is 5.75 Å². The molecule has 1 unspecified atom stereocenters. The van der Waals surface area contributed by atoms with Gasteiger partial charge in [0.25, 0.3) is 6.47 Å². The molecule has 0 heterocycles. The van der Waals surface area contributed by atoms with Crippen LogP contribution in [-0.2, 0) is 9.53 Å². The third-order valence-corrected chi connectivity index (χ3v) is 1.73. The van der Waals surface area contributed by atoms with Crippen LogP contribution in [0.5, 0.6) is 5.75 Å². The summed E-state index contributed by atoms with van der Waals surface area (Å²) in [6.45, 7) is 3.37. The third kappa shape index (κ3) is 3.94. The van der Waals surface area contributed by atoms with E-state index in [2.05, 4.69) is 4.74 Å². The van der Waals surface area contributed by atoms with Gasteiger partial charge in [-0.3, -0.25) is 4.79 Å². The van der Waals surface area contributed by atoms with Crippen LogP contribution in [0.25, 0.3) is 0 Å². The van der Waals surface area contributed by atoms with Crippen molar-refractivity contribution in [1.29, 1.82) is 0 Å². The average molecular weight is 194 g/mol. The molecule has 3 nitrogen and oxygen atoms in total. The number of carbonyl (C=O) groups excluding carboxylic acids is 1. The standard InChI is InChI=1S/C11H14O3/c1-10(7-13-9-12)8-14-11-5-3-2-4-6-11/h2-6,9-10H,7-8H2,1H3. The van der Waals surface area contributed by atoms with E-state index in [-0.39, 0.29) is 5.92 Å². The first-order valence-corrected chi connectivity index (χ1v) is 4.56. The molecule has 0 saturated heterocycles. The third-order valence-electron chi connectivity index (χ3n) is 1.73. The van der Waals surface area contributed by atoms with Crippen molar-refractivity contribution in [3.05, 3.63) is 30.3 Å². The summed E-state index contributed by atoms with van der Waals surface area (Å²) in [5.74, 6) is 1.05. The van der Waals surface area contributed by atoms with Crippen molar-refractivity contribution < 1.29 is 14.3 Å². The van der Waals surface area contributed by atoms with E-state index in [0.29, 0.717) is 19.7 Å². The molecular formula is C11H14O3. The highest BCUT2D eigenvalue weighted by Gasteiger charge is 2.02. The van der Waals surface area contributed by atoms with Gasteiger partial charge >= 0.3 is 0 Å². The summed E-state index contributed by atoms with van der Waals surface area (Å²) in [5, 5.41) is 0. The summed E-state index contributed by atoms with van der Waals surface area (Å²) >= 11 is 0. The number of rotatable bonds is 6. The number of hydrogen-bond acceptors (Lipinski definition) is 3. The SMILES string of the molecule is CC(COC=O)COc1ccccc1. The van der Waals surface area contributed by atoms with Crippen molar-refractivity contribution in [2.75, 3.05) is 13.2 Å². The van der Waals surface area contributed by atoms with Crippen molar-refractivity contribution in [2.45, 2.75) is 6.92 Å². The molecule has 1 atom stereocenters. The lowest BCUT2D eigenvalue weighted by molar-refractivity contribution is -0.130. The maximum atomic E-state index is 9.92. The molecule has 3 heteroatoms. The number of para-hydroxylation sites is 1. The molecule has 0 spiro atoms. The topological polar surface area (TPSA) is 35.5 Å². The van der Waals surface area contributed by atoms with Gasteiger partial charge in [-0.25, -0.2) is 0 Å². The monoisotopic (exact) mass is 194 g/mol. The van der Waals surface area contributed by atoms with E-state index in [1.54, 1.807) is 0 Å². The molecule has 0 aliphatic rings. The highest BCUT2D eigenvalue weighted by Crippen LogP contribution is 2.09. The van der Waals surface area contributed by atoms with Crippen LogP contribution >= 0.6 is 0 Å². The van der Waals surface area contributed by atoms with Crippen molar-refractivity contribution in [3.63, 3.8) is 0 Å². The molecule has 0 bridgehead atoms. The van der Waals surface area contributed by atoms with Gasteiger partial charge in [0.05, 0.1) is 13.2 Å². The van der Waals surface area contributed by atoms with E-state index < -0.39 is 0 Å². The average Bonchev–Trinajstić information content (AvgIpc) is 2.25. The first-order chi connectivity index (χ1) is 6.83. The molecule has 0 N–H and O–H groups in total. The maximum Gasteiger partial charge on any atom is 0.293 e. The van der Waals surface area contributed by atoms with E-state index in [9.17, 15) is 4.79 Å². The van der Waals surface area contributed by atoms with Gasteiger partial charge in [-0.05, 0) is 12.1 Å². The fraction of sp³-hybridized carbons (Fsp3) is 0.364. The number of benzene rings is 1. The van der Waals surface area contributed by atoms with Crippen LogP contribution < -0.4 is 4.74 Å². The molecule has 0 radical (unpaired) electrons. The molecule has 0 aliphatic carbocycles. The van der Waals surface area contributed by atoms with E-state index in [4.69, 9.17) is 4.74 Å². The molecule has 0 aliphatic heterocycles. The number of carbonyl (C=O) groups is 1. The Bertz CT molecular complexity index is 258. The van der Waals surface area contributed by atoms with Crippen LogP contribution in [0, 0.1) is 5.92 Å². The second kappa shape index (κ2) is 6.02. The van der Waals surface area contributed by atoms with Crippen LogP contribution in [0.1, 0.15) is 6.92 Å². The van der Waals surface area contributed by atoms with Gasteiger partial charge in [0.1, 0.15) is 5.75 Å². The fourth-order valence-electron chi connectivity index (χ4n) is 1.01. The van der Waals surface area contributed by atoms with Crippen LogP contribution in [0.2, 0.25) is 0 Å². The van der Waals surface area contributed by atoms with Crippen LogP contribution in [-0.4, -0.2) is 19.7 Å². The van der Waals surface area contributed by atoms with Gasteiger partial charge in [-0.1, -0.05) is 25.1 Å². The maximum absolute atomic E-state index is 9.92. The zero-order valence-electron chi connectivity index (χ0n) is 8.18. The summed E-state index contributed by atoms with van der Waals surface area (Å²) in [7, 11) is 0. The molecule has 1 aromatic carbocycles. The smallest absolute Gasteiger partial charge is 0.293 e. The largest absolute Gasteiger partial charge is 0.493 e. The predicted molar refractivity (Wildman–Crippen MR) is 53.1 cm³/mol. The zero-order valence-corrected chi connectivity index (χ0v) is 8.18. The lowest BCUT2D eigenvalue weighted by atomic mass is 10.2. The molecular weight excluding hydrogens is 180 g/mol. The van der Waals surface area contributed by atoms with Gasteiger partial charge in [-0.2, -0.15) is 0 Å². The predicted octanol–water partition coefficient (Wildman–Crippen LogP) is 1.87. The minimum atomic E-state index is 0.209. The second-order valence-corrected chi connectivity index (χ2v) is 3.16. The highest BCUT2D eigenvalue weighted by atomic mass is 16.5. The minimum absolute atomic E-state index is 0.209. The van der Waals surface area contributed by atoms with Gasteiger partial charge < -0.3 is 9.47 Å². The minimum Gasteiger partial charge on any atom is -0.493 e. The fourth-order valence-corrected chi connectivity index (χ4v) is 1.01. The molecule has 1 aromatic rings. The van der Waals surface area contributed by atoms with Crippen molar-refractivity contribution in [3.8, 4) is 5.75 Å². The molecule has 76 valence electrons. The summed E-state index contributed by atoms with van der Waals surface area (Å²) in [6.07, 6.45) is 0. The summed E-state index contributed by atoms with van der Waals surface area (Å²) in [4.78, 5) is 9.92. The second-order valence-electron chi connectivity index (χ2n) is 3.16. The molecule has 0 aromatic heterocycles. The first kappa shape index (κ1) is 10.6. The Labute approximate surface area is 83.6 Å². The van der Waals surface area contributed by atoms with Crippen LogP contribution in [0.4, 0.5) is 0 Å². The molecule has 14 heavy (non-hydrogen) atoms. The van der Waals surface area contributed by atoms with Gasteiger partial charge in [0.2, 0.25) is 0 Å². The summed E-state index contributed by atoms with van der Waals surface area (Å²) in [6, 6.07) is 9.57. The Morgan fingerprint density at radius 1 is 1.29 bits per heavy atom. The molecule has 0 fully saturated rings. The lowest BCUT2D eigenvalue weighted by Crippen LogP contribution is -2.14. The van der Waals surface area contributed by atoms with Gasteiger partial charge in [-0.15, -0.1) is 0 Å². The molecule has 0 saturated carbocycles. The van der Waals surface area contributed by atoms with Crippen LogP contribution in [0.3, 0.4) is 0 Å².